The van der Waals surface area contributed by atoms with Gasteiger partial charge in [0.05, 0.1) is 12.5 Å². The van der Waals surface area contributed by atoms with Gasteiger partial charge in [-0.3, -0.25) is 9.59 Å². The first-order valence-electron chi connectivity index (χ1n) is 7.51. The molecule has 0 aliphatic heterocycles. The van der Waals surface area contributed by atoms with Crippen molar-refractivity contribution in [2.45, 2.75) is 84.2 Å². The van der Waals surface area contributed by atoms with Gasteiger partial charge in [-0.25, -0.2) is 0 Å². The van der Waals surface area contributed by atoms with E-state index in [9.17, 15) is 14.7 Å². The number of ether oxygens (including phenoxy) is 1. The third-order valence-corrected chi connectivity index (χ3v) is 3.01. The maximum absolute atomic E-state index is 11.4. The molecular weight excluding hydrogens is 244 g/mol. The number of aliphatic hydroxyl groups is 1. The molecular formula is C15H28O4. The summed E-state index contributed by atoms with van der Waals surface area (Å²) in [6.45, 7) is 4.18. The van der Waals surface area contributed by atoms with Crippen molar-refractivity contribution in [3.8, 4) is 0 Å². The maximum atomic E-state index is 11.4. The quantitative estimate of drug-likeness (QED) is 0.356. The minimum Gasteiger partial charge on any atom is -0.393 e. The Morgan fingerprint density at radius 1 is 0.947 bits per heavy atom. The monoisotopic (exact) mass is 272 g/mol. The van der Waals surface area contributed by atoms with E-state index >= 15 is 0 Å². The lowest BCUT2D eigenvalue weighted by Crippen LogP contribution is -2.18. The molecule has 1 atom stereocenters. The van der Waals surface area contributed by atoms with E-state index in [-0.39, 0.29) is 12.8 Å². The molecule has 1 N–H and O–H groups in total. The van der Waals surface area contributed by atoms with Crippen molar-refractivity contribution in [2.24, 2.45) is 0 Å². The van der Waals surface area contributed by atoms with Crippen molar-refractivity contribution in [3.63, 3.8) is 0 Å². The lowest BCUT2D eigenvalue weighted by Gasteiger charge is -2.09. The van der Waals surface area contributed by atoms with Crippen LogP contribution in [0, 0.1) is 0 Å². The Bertz CT molecular complexity index is 251. The fourth-order valence-corrected chi connectivity index (χ4v) is 1.84. The van der Waals surface area contributed by atoms with Crippen LogP contribution in [0.4, 0.5) is 0 Å². The molecule has 0 aromatic rings. The number of hydrogen-bond acceptors (Lipinski definition) is 4. The second kappa shape index (κ2) is 12.2. The van der Waals surface area contributed by atoms with Gasteiger partial charge in [0.2, 0.25) is 0 Å². The molecule has 19 heavy (non-hydrogen) atoms. The molecule has 0 fully saturated rings. The van der Waals surface area contributed by atoms with E-state index in [1.54, 1.807) is 0 Å². The average molecular weight is 272 g/mol. The number of rotatable bonds is 11. The van der Waals surface area contributed by atoms with Gasteiger partial charge in [-0.05, 0) is 12.8 Å². The van der Waals surface area contributed by atoms with Crippen LogP contribution in [0.5, 0.6) is 0 Å². The normalized spacial score (nSPS) is 12.2. The number of esters is 2. The standard InChI is InChI=1S/C15H28O4/c1-3-5-7-9-11-14(17)19-15(18)12-13(16)10-8-6-4-2/h13,16H,3-12H2,1-2H3. The first kappa shape index (κ1) is 18.1. The zero-order valence-corrected chi connectivity index (χ0v) is 12.3. The van der Waals surface area contributed by atoms with Gasteiger partial charge >= 0.3 is 11.9 Å². The van der Waals surface area contributed by atoms with Crippen molar-refractivity contribution < 1.29 is 19.4 Å². The van der Waals surface area contributed by atoms with Crippen LogP contribution in [0.3, 0.4) is 0 Å². The molecule has 0 bridgehead atoms. The fraction of sp³-hybridized carbons (Fsp3) is 0.867. The predicted molar refractivity (Wildman–Crippen MR) is 74.6 cm³/mol. The van der Waals surface area contributed by atoms with Gasteiger partial charge in [0, 0.05) is 6.42 Å². The molecule has 1 unspecified atom stereocenters. The van der Waals surface area contributed by atoms with Gasteiger partial charge in [-0.1, -0.05) is 52.4 Å². The maximum Gasteiger partial charge on any atom is 0.316 e. The van der Waals surface area contributed by atoms with Crippen molar-refractivity contribution in [1.29, 1.82) is 0 Å². The Balaban J connectivity index is 3.63. The van der Waals surface area contributed by atoms with E-state index in [2.05, 4.69) is 18.6 Å². The van der Waals surface area contributed by atoms with Crippen LogP contribution in [-0.2, 0) is 14.3 Å². The molecule has 4 nitrogen and oxygen atoms in total. The van der Waals surface area contributed by atoms with E-state index in [1.165, 1.54) is 0 Å². The van der Waals surface area contributed by atoms with Gasteiger partial charge < -0.3 is 9.84 Å². The number of hydrogen-bond donors (Lipinski definition) is 1. The summed E-state index contributed by atoms with van der Waals surface area (Å²) in [5.41, 5.74) is 0. The Hall–Kier alpha value is -0.900. The third kappa shape index (κ3) is 11.9. The summed E-state index contributed by atoms with van der Waals surface area (Å²) in [6, 6.07) is 0. The van der Waals surface area contributed by atoms with Crippen molar-refractivity contribution in [2.75, 3.05) is 0 Å². The van der Waals surface area contributed by atoms with E-state index in [0.29, 0.717) is 6.42 Å². The molecule has 112 valence electrons. The summed E-state index contributed by atoms with van der Waals surface area (Å²) in [5, 5.41) is 9.59. The minimum atomic E-state index is -0.688. The molecule has 0 aromatic carbocycles. The highest BCUT2D eigenvalue weighted by atomic mass is 16.6. The van der Waals surface area contributed by atoms with E-state index in [1.807, 2.05) is 0 Å². The van der Waals surface area contributed by atoms with E-state index in [0.717, 1.165) is 44.9 Å². The second-order valence-corrected chi connectivity index (χ2v) is 5.01. The SMILES string of the molecule is CCCCCCC(=O)OC(=O)CC(O)CCCCC. The predicted octanol–water partition coefficient (Wildman–Crippen LogP) is 3.36. The largest absolute Gasteiger partial charge is 0.393 e. The summed E-state index contributed by atoms with van der Waals surface area (Å²) < 4.78 is 4.67. The highest BCUT2D eigenvalue weighted by Gasteiger charge is 2.15. The van der Waals surface area contributed by atoms with Gasteiger partial charge in [0.15, 0.2) is 0 Å². The molecule has 0 spiro atoms. The highest BCUT2D eigenvalue weighted by Crippen LogP contribution is 2.08. The Kier molecular flexibility index (Phi) is 11.6. The summed E-state index contributed by atoms with van der Waals surface area (Å²) in [6.07, 6.45) is 7.09. The van der Waals surface area contributed by atoms with Gasteiger partial charge in [-0.15, -0.1) is 0 Å². The third-order valence-electron chi connectivity index (χ3n) is 3.01. The second-order valence-electron chi connectivity index (χ2n) is 5.01. The molecule has 0 saturated carbocycles. The molecule has 0 heterocycles. The first-order valence-corrected chi connectivity index (χ1v) is 7.51. The van der Waals surface area contributed by atoms with Crippen LogP contribution in [0.1, 0.15) is 78.1 Å². The van der Waals surface area contributed by atoms with Crippen LogP contribution < -0.4 is 0 Å². The van der Waals surface area contributed by atoms with Crippen LogP contribution >= 0.6 is 0 Å². The van der Waals surface area contributed by atoms with E-state index in [4.69, 9.17) is 0 Å². The smallest absolute Gasteiger partial charge is 0.316 e. The van der Waals surface area contributed by atoms with E-state index < -0.39 is 18.0 Å². The van der Waals surface area contributed by atoms with Gasteiger partial charge in [0.1, 0.15) is 0 Å². The van der Waals surface area contributed by atoms with Gasteiger partial charge in [0.25, 0.3) is 0 Å². The van der Waals surface area contributed by atoms with Crippen molar-refractivity contribution in [3.05, 3.63) is 0 Å². The lowest BCUT2D eigenvalue weighted by atomic mass is 10.1. The Labute approximate surface area is 116 Å². The molecule has 0 rings (SSSR count). The number of unbranched alkanes of at least 4 members (excludes halogenated alkanes) is 5. The number of carbonyl (C=O) groups excluding carboxylic acids is 2. The molecule has 0 saturated heterocycles. The fourth-order valence-electron chi connectivity index (χ4n) is 1.84. The number of aliphatic hydroxyl groups excluding tert-OH is 1. The van der Waals surface area contributed by atoms with Crippen LogP contribution in [0.25, 0.3) is 0 Å². The molecule has 0 aromatic heterocycles. The number of carbonyl (C=O) groups is 2. The first-order chi connectivity index (χ1) is 9.10. The zero-order valence-electron chi connectivity index (χ0n) is 12.3. The molecule has 4 heteroatoms. The van der Waals surface area contributed by atoms with Gasteiger partial charge in [-0.2, -0.15) is 0 Å². The van der Waals surface area contributed by atoms with Crippen LogP contribution in [0.15, 0.2) is 0 Å². The lowest BCUT2D eigenvalue weighted by molar-refractivity contribution is -0.161. The zero-order chi connectivity index (χ0) is 14.5. The Morgan fingerprint density at radius 3 is 2.21 bits per heavy atom. The van der Waals surface area contributed by atoms with Crippen molar-refractivity contribution >= 4 is 11.9 Å². The molecule has 0 aliphatic rings. The van der Waals surface area contributed by atoms with Crippen LogP contribution in [0.2, 0.25) is 0 Å². The minimum absolute atomic E-state index is 0.0790. The summed E-state index contributed by atoms with van der Waals surface area (Å²) in [4.78, 5) is 22.7. The summed E-state index contributed by atoms with van der Waals surface area (Å²) in [7, 11) is 0. The summed E-state index contributed by atoms with van der Waals surface area (Å²) in [5.74, 6) is -1.08. The van der Waals surface area contributed by atoms with Crippen LogP contribution in [-0.4, -0.2) is 23.1 Å². The molecule has 0 aliphatic carbocycles. The Morgan fingerprint density at radius 2 is 1.58 bits per heavy atom. The topological polar surface area (TPSA) is 63.6 Å². The molecule has 0 radical (unpaired) electrons. The molecule has 0 amide bonds. The average Bonchev–Trinajstić information content (AvgIpc) is 2.34. The summed E-state index contributed by atoms with van der Waals surface area (Å²) >= 11 is 0. The van der Waals surface area contributed by atoms with Crippen molar-refractivity contribution in [1.82, 2.24) is 0 Å². The highest BCUT2D eigenvalue weighted by molar-refractivity contribution is 5.85.